The molecule has 0 spiro atoms. The highest BCUT2D eigenvalue weighted by molar-refractivity contribution is 8.00. The van der Waals surface area contributed by atoms with Crippen LogP contribution in [0.3, 0.4) is 0 Å². The summed E-state index contributed by atoms with van der Waals surface area (Å²) in [5, 5.41) is 5.95. The molecule has 0 aliphatic carbocycles. The summed E-state index contributed by atoms with van der Waals surface area (Å²) in [6, 6.07) is 5.88. The van der Waals surface area contributed by atoms with Gasteiger partial charge in [-0.15, -0.1) is 11.8 Å². The predicted molar refractivity (Wildman–Crippen MR) is 88.4 cm³/mol. The summed E-state index contributed by atoms with van der Waals surface area (Å²) in [4.78, 5) is 27.5. The summed E-state index contributed by atoms with van der Waals surface area (Å²) < 4.78 is 0. The highest BCUT2D eigenvalue weighted by atomic mass is 32.2. The molecule has 2 amide bonds. The smallest absolute Gasteiger partial charge is 0.254 e. The zero-order valence-corrected chi connectivity index (χ0v) is 13.7. The monoisotopic (exact) mass is 319 g/mol. The van der Waals surface area contributed by atoms with Crippen molar-refractivity contribution in [2.45, 2.75) is 36.0 Å². The van der Waals surface area contributed by atoms with Crippen molar-refractivity contribution in [3.05, 3.63) is 23.8 Å². The molecule has 2 atom stereocenters. The lowest BCUT2D eigenvalue weighted by Crippen LogP contribution is -2.40. The van der Waals surface area contributed by atoms with E-state index in [1.807, 2.05) is 37.1 Å². The van der Waals surface area contributed by atoms with Crippen LogP contribution in [-0.2, 0) is 4.79 Å². The van der Waals surface area contributed by atoms with Crippen LogP contribution in [0.2, 0.25) is 0 Å². The van der Waals surface area contributed by atoms with Crippen molar-refractivity contribution in [1.82, 2.24) is 10.2 Å². The number of amides is 2. The average Bonchev–Trinajstić information content (AvgIpc) is 2.96. The Hall–Kier alpha value is -1.53. The van der Waals surface area contributed by atoms with E-state index in [4.69, 9.17) is 0 Å². The van der Waals surface area contributed by atoms with Crippen molar-refractivity contribution in [3.8, 4) is 0 Å². The molecule has 1 aromatic carbocycles. The molecule has 0 bridgehead atoms. The number of carbonyl (C=O) groups is 2. The number of carbonyl (C=O) groups excluding carboxylic acids is 2. The first-order valence-electron chi connectivity index (χ1n) is 7.67. The Morgan fingerprint density at radius 3 is 3.09 bits per heavy atom. The van der Waals surface area contributed by atoms with Crippen LogP contribution in [0.25, 0.3) is 0 Å². The number of nitrogens with zero attached hydrogens (tertiary/aromatic N) is 1. The van der Waals surface area contributed by atoms with Crippen LogP contribution < -0.4 is 10.6 Å². The van der Waals surface area contributed by atoms with Crippen LogP contribution in [0.4, 0.5) is 5.69 Å². The number of hydrogen-bond acceptors (Lipinski definition) is 4. The van der Waals surface area contributed by atoms with Crippen LogP contribution in [0.1, 0.15) is 30.1 Å². The highest BCUT2D eigenvalue weighted by Gasteiger charge is 2.30. The van der Waals surface area contributed by atoms with Crippen LogP contribution in [0, 0.1) is 0 Å². The second-order valence-electron chi connectivity index (χ2n) is 5.81. The summed E-state index contributed by atoms with van der Waals surface area (Å²) in [5.41, 5.74) is 1.40. The van der Waals surface area contributed by atoms with Crippen LogP contribution in [0.15, 0.2) is 23.1 Å². The molecule has 0 radical (unpaired) electrons. The fourth-order valence-corrected chi connectivity index (χ4v) is 3.99. The minimum absolute atomic E-state index is 0.00340. The van der Waals surface area contributed by atoms with Crippen molar-refractivity contribution < 1.29 is 9.59 Å². The number of nitrogens with one attached hydrogen (secondary N) is 2. The van der Waals surface area contributed by atoms with E-state index >= 15 is 0 Å². The van der Waals surface area contributed by atoms with E-state index in [2.05, 4.69) is 10.6 Å². The first-order valence-corrected chi connectivity index (χ1v) is 8.55. The largest absolute Gasteiger partial charge is 0.334 e. The van der Waals surface area contributed by atoms with Gasteiger partial charge in [-0.2, -0.15) is 0 Å². The van der Waals surface area contributed by atoms with Gasteiger partial charge in [-0.1, -0.05) is 0 Å². The number of benzene rings is 1. The summed E-state index contributed by atoms with van der Waals surface area (Å²) in [6.45, 7) is 3.51. The molecule has 118 valence electrons. The molecule has 2 aliphatic rings. The van der Waals surface area contributed by atoms with Crippen LogP contribution in [0.5, 0.6) is 0 Å². The molecule has 1 aromatic rings. The van der Waals surface area contributed by atoms with Gasteiger partial charge in [0.25, 0.3) is 5.91 Å². The average molecular weight is 319 g/mol. The molecular formula is C16H21N3O2S. The summed E-state index contributed by atoms with van der Waals surface area (Å²) in [5.74, 6) is 0.0507. The van der Waals surface area contributed by atoms with Gasteiger partial charge in [-0.3, -0.25) is 9.59 Å². The topological polar surface area (TPSA) is 61.4 Å². The van der Waals surface area contributed by atoms with E-state index in [-0.39, 0.29) is 23.1 Å². The molecule has 2 aliphatic heterocycles. The summed E-state index contributed by atoms with van der Waals surface area (Å²) in [6.07, 6.45) is 2.09. The van der Waals surface area contributed by atoms with Crippen molar-refractivity contribution in [2.24, 2.45) is 0 Å². The Kier molecular flexibility index (Phi) is 4.40. The third-order valence-electron chi connectivity index (χ3n) is 4.24. The first kappa shape index (κ1) is 15.4. The Morgan fingerprint density at radius 1 is 1.50 bits per heavy atom. The minimum atomic E-state index is -0.0901. The number of rotatable bonds is 3. The standard InChI is InChI=1S/C16H21N3O2S/c1-10-15(20)18-13-8-11(5-6-14(13)22-10)16(21)19-7-3-4-12(19)9-17-2/h5-6,8,10,12,17H,3-4,7,9H2,1-2H3,(H,18,20). The Labute approximate surface area is 134 Å². The third kappa shape index (κ3) is 2.85. The molecule has 22 heavy (non-hydrogen) atoms. The van der Waals surface area contributed by atoms with Gasteiger partial charge in [-0.05, 0) is 45.0 Å². The molecule has 5 nitrogen and oxygen atoms in total. The van der Waals surface area contributed by atoms with Crippen molar-refractivity contribution in [3.63, 3.8) is 0 Å². The molecule has 6 heteroatoms. The van der Waals surface area contributed by atoms with E-state index in [1.54, 1.807) is 0 Å². The molecule has 1 fully saturated rings. The molecule has 0 saturated carbocycles. The number of likely N-dealkylation sites (tertiary alicyclic amines) is 1. The van der Waals surface area contributed by atoms with Crippen molar-refractivity contribution in [1.29, 1.82) is 0 Å². The molecule has 2 unspecified atom stereocenters. The third-order valence-corrected chi connectivity index (χ3v) is 5.41. The lowest BCUT2D eigenvalue weighted by atomic mass is 10.1. The quantitative estimate of drug-likeness (QED) is 0.894. The normalized spacial score (nSPS) is 24.1. The molecule has 2 N–H and O–H groups in total. The maximum Gasteiger partial charge on any atom is 0.254 e. The van der Waals surface area contributed by atoms with Gasteiger partial charge in [0.2, 0.25) is 5.91 Å². The number of likely N-dealkylation sites (N-methyl/N-ethyl adjacent to an activating group) is 1. The van der Waals surface area contributed by atoms with Gasteiger partial charge in [0, 0.05) is 29.6 Å². The Bertz CT molecular complexity index is 605. The zero-order valence-electron chi connectivity index (χ0n) is 12.9. The van der Waals surface area contributed by atoms with Gasteiger partial charge in [0.05, 0.1) is 10.9 Å². The van der Waals surface area contributed by atoms with Crippen molar-refractivity contribution >= 4 is 29.3 Å². The first-order chi connectivity index (χ1) is 10.6. The zero-order chi connectivity index (χ0) is 15.7. The highest BCUT2D eigenvalue weighted by Crippen LogP contribution is 2.36. The Balaban J connectivity index is 1.82. The van der Waals surface area contributed by atoms with E-state index in [9.17, 15) is 9.59 Å². The summed E-state index contributed by atoms with van der Waals surface area (Å²) in [7, 11) is 1.91. The molecule has 0 aromatic heterocycles. The van der Waals surface area contributed by atoms with Gasteiger partial charge >= 0.3 is 0 Å². The van der Waals surface area contributed by atoms with Gasteiger partial charge in [0.15, 0.2) is 0 Å². The van der Waals surface area contributed by atoms with Gasteiger partial charge < -0.3 is 15.5 Å². The van der Waals surface area contributed by atoms with E-state index in [1.165, 1.54) is 11.8 Å². The molecule has 3 rings (SSSR count). The molecular weight excluding hydrogens is 298 g/mol. The number of fused-ring (bicyclic) bond motifs is 1. The van der Waals surface area contributed by atoms with Crippen LogP contribution in [-0.4, -0.2) is 48.1 Å². The van der Waals surface area contributed by atoms with E-state index in [0.29, 0.717) is 5.56 Å². The fourth-order valence-electron chi connectivity index (χ4n) is 3.06. The maximum absolute atomic E-state index is 12.7. The second kappa shape index (κ2) is 6.30. The van der Waals surface area contributed by atoms with E-state index in [0.717, 1.165) is 36.5 Å². The molecule has 1 saturated heterocycles. The Morgan fingerprint density at radius 2 is 2.32 bits per heavy atom. The van der Waals surface area contributed by atoms with Crippen LogP contribution >= 0.6 is 11.8 Å². The fraction of sp³-hybridized carbons (Fsp3) is 0.500. The predicted octanol–water partition coefficient (Wildman–Crippen LogP) is 1.94. The lowest BCUT2D eigenvalue weighted by molar-refractivity contribution is -0.115. The van der Waals surface area contributed by atoms with Gasteiger partial charge in [0.1, 0.15) is 0 Å². The second-order valence-corrected chi connectivity index (χ2v) is 7.20. The minimum Gasteiger partial charge on any atom is -0.334 e. The van der Waals surface area contributed by atoms with E-state index < -0.39 is 0 Å². The lowest BCUT2D eigenvalue weighted by Gasteiger charge is -2.26. The maximum atomic E-state index is 12.7. The summed E-state index contributed by atoms with van der Waals surface area (Å²) >= 11 is 1.53. The van der Waals surface area contributed by atoms with Gasteiger partial charge in [-0.25, -0.2) is 0 Å². The van der Waals surface area contributed by atoms with Crippen molar-refractivity contribution in [2.75, 3.05) is 25.5 Å². The molecule has 2 heterocycles. The number of anilines is 1. The number of thioether (sulfide) groups is 1. The SMILES string of the molecule is CNCC1CCCN1C(=O)c1ccc2c(c1)NC(=O)C(C)S2. The number of hydrogen-bond donors (Lipinski definition) is 2.